The second kappa shape index (κ2) is 6.66. The average Bonchev–Trinajstić information content (AvgIpc) is 3.03. The van der Waals surface area contributed by atoms with E-state index in [0.717, 1.165) is 22.8 Å². The standard InChI is InChI=1S/C18H19Cl2N3S/c19-13-5-4-12(8-14(13)20)10-21-17-18(6-2-1-3-7-18)9-15-16(23-17)24-11-22-15/h4-5,8,11H,1-3,6-7,9-10H2,(H,21,23). The van der Waals surface area contributed by atoms with Gasteiger partial charge in [0.25, 0.3) is 0 Å². The van der Waals surface area contributed by atoms with Gasteiger partial charge in [-0.25, -0.2) is 4.98 Å². The maximum absolute atomic E-state index is 6.13. The van der Waals surface area contributed by atoms with Crippen molar-refractivity contribution in [3.8, 4) is 0 Å². The van der Waals surface area contributed by atoms with E-state index in [2.05, 4.69) is 10.3 Å². The van der Waals surface area contributed by atoms with E-state index in [9.17, 15) is 0 Å². The Bertz CT molecular complexity index is 778. The number of hydrogen-bond acceptors (Lipinski definition) is 3. The summed E-state index contributed by atoms with van der Waals surface area (Å²) in [7, 11) is 0. The third-order valence-corrected chi connectivity index (χ3v) is 6.62. The summed E-state index contributed by atoms with van der Waals surface area (Å²) in [4.78, 5) is 9.51. The molecule has 0 unspecified atom stereocenters. The molecule has 4 rings (SSSR count). The van der Waals surface area contributed by atoms with Crippen LogP contribution in [0.15, 0.2) is 28.7 Å². The molecule has 0 atom stereocenters. The Labute approximate surface area is 156 Å². The first-order chi connectivity index (χ1) is 11.7. The lowest BCUT2D eigenvalue weighted by Crippen LogP contribution is -2.43. The van der Waals surface area contributed by atoms with Crippen molar-refractivity contribution in [2.45, 2.75) is 45.1 Å². The van der Waals surface area contributed by atoms with E-state index in [0.29, 0.717) is 16.6 Å². The van der Waals surface area contributed by atoms with Crippen LogP contribution in [-0.4, -0.2) is 10.8 Å². The second-order valence-corrected chi connectivity index (χ2v) is 8.35. The van der Waals surface area contributed by atoms with E-state index in [-0.39, 0.29) is 5.41 Å². The Morgan fingerprint density at radius 1 is 1.17 bits per heavy atom. The molecule has 1 aliphatic heterocycles. The zero-order valence-corrected chi connectivity index (χ0v) is 15.6. The zero-order valence-electron chi connectivity index (χ0n) is 13.3. The molecule has 0 bridgehead atoms. The summed E-state index contributed by atoms with van der Waals surface area (Å²) in [5.74, 6) is 1.13. The van der Waals surface area contributed by atoms with Gasteiger partial charge in [0.1, 0.15) is 10.8 Å². The monoisotopic (exact) mass is 379 g/mol. The van der Waals surface area contributed by atoms with Crippen molar-refractivity contribution in [1.29, 1.82) is 0 Å². The fraction of sp³-hybridized carbons (Fsp3) is 0.444. The van der Waals surface area contributed by atoms with Crippen molar-refractivity contribution < 1.29 is 0 Å². The second-order valence-electron chi connectivity index (χ2n) is 6.68. The van der Waals surface area contributed by atoms with Crippen LogP contribution in [0.3, 0.4) is 0 Å². The summed E-state index contributed by atoms with van der Waals surface area (Å²) in [6, 6.07) is 5.74. The van der Waals surface area contributed by atoms with Crippen LogP contribution < -0.4 is 5.32 Å². The number of fused-ring (bicyclic) bond motifs is 1. The van der Waals surface area contributed by atoms with Gasteiger partial charge in [-0.1, -0.05) is 48.5 Å². The van der Waals surface area contributed by atoms with Crippen LogP contribution in [0.2, 0.25) is 10.0 Å². The SMILES string of the molecule is Clc1ccc(CN=C2Nc3scnc3CC23CCCCC3)cc1Cl. The predicted molar refractivity (Wildman–Crippen MR) is 103 cm³/mol. The lowest BCUT2D eigenvalue weighted by Gasteiger charge is -2.41. The molecule has 0 saturated heterocycles. The Morgan fingerprint density at radius 2 is 2.00 bits per heavy atom. The van der Waals surface area contributed by atoms with E-state index in [4.69, 9.17) is 28.2 Å². The molecule has 24 heavy (non-hydrogen) atoms. The highest BCUT2D eigenvalue weighted by atomic mass is 35.5. The number of hydrogen-bond donors (Lipinski definition) is 1. The quantitative estimate of drug-likeness (QED) is 0.697. The van der Waals surface area contributed by atoms with Gasteiger partial charge in [0.05, 0.1) is 27.8 Å². The van der Waals surface area contributed by atoms with E-state index < -0.39 is 0 Å². The van der Waals surface area contributed by atoms with Gasteiger partial charge in [0, 0.05) is 11.8 Å². The smallest absolute Gasteiger partial charge is 0.117 e. The van der Waals surface area contributed by atoms with Crippen LogP contribution in [0.25, 0.3) is 0 Å². The van der Waals surface area contributed by atoms with Crippen LogP contribution in [0, 0.1) is 5.41 Å². The van der Waals surface area contributed by atoms with E-state index in [1.165, 1.54) is 37.8 Å². The largest absolute Gasteiger partial charge is 0.334 e. The molecular formula is C18H19Cl2N3S. The minimum Gasteiger partial charge on any atom is -0.334 e. The Hall–Kier alpha value is -1.10. The Balaban J connectivity index is 1.64. The van der Waals surface area contributed by atoms with E-state index >= 15 is 0 Å². The molecule has 2 heterocycles. The van der Waals surface area contributed by atoms with Crippen LogP contribution in [0.1, 0.15) is 43.4 Å². The van der Waals surface area contributed by atoms with Gasteiger partial charge in [0.2, 0.25) is 0 Å². The summed E-state index contributed by atoms with van der Waals surface area (Å²) in [5.41, 5.74) is 4.35. The zero-order chi connectivity index (χ0) is 16.6. The van der Waals surface area contributed by atoms with Gasteiger partial charge < -0.3 is 5.32 Å². The third kappa shape index (κ3) is 3.07. The molecule has 2 aliphatic rings. The average molecular weight is 380 g/mol. The van der Waals surface area contributed by atoms with Crippen molar-refractivity contribution in [3.05, 3.63) is 45.0 Å². The summed E-state index contributed by atoms with van der Waals surface area (Å²) in [6.45, 7) is 0.620. The maximum atomic E-state index is 6.13. The number of thiazole rings is 1. The minimum atomic E-state index is 0.134. The number of aliphatic imine (C=N–C) groups is 1. The van der Waals surface area contributed by atoms with Crippen LogP contribution in [-0.2, 0) is 13.0 Å². The Morgan fingerprint density at radius 3 is 2.79 bits per heavy atom. The lowest BCUT2D eigenvalue weighted by molar-refractivity contribution is 0.276. The molecule has 6 heteroatoms. The highest BCUT2D eigenvalue weighted by Crippen LogP contribution is 2.45. The molecule has 1 aromatic carbocycles. The summed E-state index contributed by atoms with van der Waals surface area (Å²) >= 11 is 13.8. The third-order valence-electron chi connectivity index (χ3n) is 5.10. The van der Waals surface area contributed by atoms with Crippen molar-refractivity contribution in [1.82, 2.24) is 4.98 Å². The number of anilines is 1. The normalized spacial score (nSPS) is 20.8. The summed E-state index contributed by atoms with van der Waals surface area (Å²) in [6.07, 6.45) is 7.26. The highest BCUT2D eigenvalue weighted by molar-refractivity contribution is 7.14. The molecule has 1 saturated carbocycles. The number of aromatic nitrogens is 1. The molecule has 1 aromatic heterocycles. The van der Waals surface area contributed by atoms with Gasteiger partial charge >= 0.3 is 0 Å². The molecule has 2 aromatic rings. The first-order valence-electron chi connectivity index (χ1n) is 8.35. The minimum absolute atomic E-state index is 0.134. The molecule has 1 aliphatic carbocycles. The molecule has 0 amide bonds. The number of nitrogens with zero attached hydrogens (tertiary/aromatic N) is 2. The van der Waals surface area contributed by atoms with E-state index in [1.807, 2.05) is 23.7 Å². The van der Waals surface area contributed by atoms with Crippen LogP contribution in [0.4, 0.5) is 5.00 Å². The van der Waals surface area contributed by atoms with Crippen LogP contribution in [0.5, 0.6) is 0 Å². The van der Waals surface area contributed by atoms with Gasteiger partial charge in [-0.05, 0) is 30.5 Å². The predicted octanol–water partition coefficient (Wildman–Crippen LogP) is 5.97. The molecule has 126 valence electrons. The number of halogens is 2. The van der Waals surface area contributed by atoms with Gasteiger partial charge in [-0.2, -0.15) is 0 Å². The molecule has 0 radical (unpaired) electrons. The maximum Gasteiger partial charge on any atom is 0.117 e. The topological polar surface area (TPSA) is 37.3 Å². The number of amidine groups is 1. The van der Waals surface area contributed by atoms with Crippen molar-refractivity contribution >= 4 is 45.4 Å². The van der Waals surface area contributed by atoms with Crippen LogP contribution >= 0.6 is 34.5 Å². The first-order valence-corrected chi connectivity index (χ1v) is 9.98. The summed E-state index contributed by atoms with van der Waals surface area (Å²) < 4.78 is 0. The number of benzene rings is 1. The molecular weight excluding hydrogens is 361 g/mol. The van der Waals surface area contributed by atoms with E-state index in [1.54, 1.807) is 11.3 Å². The lowest BCUT2D eigenvalue weighted by atomic mass is 9.69. The molecule has 3 nitrogen and oxygen atoms in total. The first kappa shape index (κ1) is 16.4. The van der Waals surface area contributed by atoms with Crippen molar-refractivity contribution in [2.24, 2.45) is 10.4 Å². The fourth-order valence-electron chi connectivity index (χ4n) is 3.80. The molecule has 1 spiro atoms. The van der Waals surface area contributed by atoms with Crippen molar-refractivity contribution in [3.63, 3.8) is 0 Å². The number of nitrogens with one attached hydrogen (secondary N) is 1. The molecule has 1 fully saturated rings. The fourth-order valence-corrected chi connectivity index (χ4v) is 4.82. The van der Waals surface area contributed by atoms with Gasteiger partial charge in [0.15, 0.2) is 0 Å². The van der Waals surface area contributed by atoms with Gasteiger partial charge in [-0.15, -0.1) is 11.3 Å². The number of rotatable bonds is 2. The van der Waals surface area contributed by atoms with Crippen molar-refractivity contribution in [2.75, 3.05) is 5.32 Å². The summed E-state index contributed by atoms with van der Waals surface area (Å²) in [5, 5.41) is 5.90. The molecule has 1 N–H and O–H groups in total. The Kier molecular flexibility index (Phi) is 4.54. The highest BCUT2D eigenvalue weighted by Gasteiger charge is 2.42. The van der Waals surface area contributed by atoms with Gasteiger partial charge in [-0.3, -0.25) is 4.99 Å².